The van der Waals surface area contributed by atoms with Crippen LogP contribution >= 0.6 is 0 Å². The normalized spacial score (nSPS) is 50.7. The lowest BCUT2D eigenvalue weighted by molar-refractivity contribution is -0.121. The molecule has 0 aliphatic heterocycles. The minimum atomic E-state index is -3.17. The molecule has 2 nitrogen and oxygen atoms in total. The number of nitriles is 1. The molecule has 0 saturated heterocycles. The molecule has 10 heavy (non-hydrogen) atoms. The van der Waals surface area contributed by atoms with Gasteiger partial charge in [-0.3, -0.25) is 4.79 Å². The second-order valence-corrected chi connectivity index (χ2v) is 1.77. The van der Waals surface area contributed by atoms with Crippen LogP contribution in [0.25, 0.3) is 0 Å². The summed E-state index contributed by atoms with van der Waals surface area (Å²) in [5.74, 6) is -3.27. The summed E-state index contributed by atoms with van der Waals surface area (Å²) in [6.45, 7) is 0. The van der Waals surface area contributed by atoms with Gasteiger partial charge in [0.25, 0.3) is 0 Å². The fourth-order valence-corrected chi connectivity index (χ4v) is 0.594. The van der Waals surface area contributed by atoms with Crippen LogP contribution in [0.15, 0.2) is 0 Å². The van der Waals surface area contributed by atoms with Gasteiger partial charge in [-0.25, -0.2) is 0 Å². The zero-order valence-electron chi connectivity index (χ0n) is 13.1. The third-order valence-electron chi connectivity index (χ3n) is 1.07. The van der Waals surface area contributed by atoms with Crippen LogP contribution in [0.3, 0.4) is 0 Å². The van der Waals surface area contributed by atoms with Crippen LogP contribution in [0.4, 0.5) is 0 Å². The Hall–Kier alpha value is -0.840. The largest absolute Gasteiger partial charge is 0.298 e. The summed E-state index contributed by atoms with van der Waals surface area (Å²) in [5.41, 5.74) is 0. The van der Waals surface area contributed by atoms with Crippen molar-refractivity contribution >= 4 is 5.78 Å². The van der Waals surface area contributed by atoms with E-state index in [0.29, 0.717) is 0 Å². The van der Waals surface area contributed by atoms with E-state index in [2.05, 4.69) is 0 Å². The van der Waals surface area contributed by atoms with Crippen LogP contribution in [-0.4, -0.2) is 5.78 Å². The molecule has 1 aliphatic rings. The molecule has 0 aromatic heterocycles. The highest BCUT2D eigenvalue weighted by Crippen LogP contribution is 2.25. The Morgan fingerprint density at radius 1 is 1.70 bits per heavy atom. The van der Waals surface area contributed by atoms with Gasteiger partial charge in [-0.2, -0.15) is 5.26 Å². The Morgan fingerprint density at radius 2 is 2.30 bits per heavy atom. The molecule has 1 saturated carbocycles. The molecule has 0 heterocycles. The molecule has 0 N–H and O–H groups in total. The van der Waals surface area contributed by atoms with Gasteiger partial charge in [0.1, 0.15) is 5.78 Å². The Bertz CT molecular complexity index is 397. The summed E-state index contributed by atoms with van der Waals surface area (Å²) in [4.78, 5) is 11.6. The lowest BCUT2D eigenvalue weighted by Gasteiger charge is -2.01. The molecule has 0 aromatic rings. The number of ketones is 1. The Morgan fingerprint density at radius 3 is 2.80 bits per heavy atom. The van der Waals surface area contributed by atoms with Crippen molar-refractivity contribution in [3.8, 4) is 6.07 Å². The van der Waals surface area contributed by atoms with Crippen molar-refractivity contribution in [2.45, 2.75) is 31.9 Å². The number of nitrogens with zero attached hydrogens (tertiary/aromatic N) is 1. The predicted molar refractivity (Wildman–Crippen MR) is 37.2 cm³/mol. The monoisotopic (exact) mass is 145 g/mol. The smallest absolute Gasteiger partial charge is 0.149 e. The third-order valence-corrected chi connectivity index (χ3v) is 1.07. The second-order valence-electron chi connectivity index (χ2n) is 1.77. The van der Waals surface area contributed by atoms with E-state index in [1.54, 1.807) is 0 Å². The van der Waals surface area contributed by atoms with Crippen molar-refractivity contribution in [2.24, 2.45) is 5.92 Å². The average molecular weight is 145 g/mol. The number of carbonyl (C=O) groups is 1. The Kier molecular flexibility index (Phi) is 0.696. The zero-order valence-corrected chi connectivity index (χ0v) is 5.14. The summed E-state index contributed by atoms with van der Waals surface area (Å²) in [6.07, 6.45) is -13.2. The van der Waals surface area contributed by atoms with Crippen LogP contribution in [0.2, 0.25) is 0 Å². The number of Topliss-reactive ketones (excluding diaryl/α,β-unsaturated/α-hetero) is 1. The maximum Gasteiger partial charge on any atom is 0.149 e. The van der Waals surface area contributed by atoms with Crippen LogP contribution in [0, 0.1) is 17.2 Å². The van der Waals surface area contributed by atoms with Crippen LogP contribution in [-0.2, 0) is 4.79 Å². The van der Waals surface area contributed by atoms with E-state index in [4.69, 9.17) is 16.2 Å². The summed E-state index contributed by atoms with van der Waals surface area (Å²) in [6, 6.07) is 1.45. The van der Waals surface area contributed by atoms with E-state index >= 15 is 0 Å². The maximum absolute atomic E-state index is 11.6. The maximum atomic E-state index is 11.6. The molecule has 0 atom stereocenters. The molecule has 0 amide bonds. The molecule has 54 valence electrons. The van der Waals surface area contributed by atoms with Gasteiger partial charge >= 0.3 is 0 Å². The number of carbonyl (C=O) groups excluding carboxylic acids is 1. The highest BCUT2D eigenvalue weighted by Gasteiger charge is 2.21. The Labute approximate surface area is 72.1 Å². The average Bonchev–Trinajstić information content (AvgIpc) is 2.21. The summed E-state index contributed by atoms with van der Waals surface area (Å²) in [5, 5.41) is 8.39. The minimum absolute atomic E-state index is 0.782. The van der Waals surface area contributed by atoms with Crippen LogP contribution in [0.5, 0.6) is 0 Å². The summed E-state index contributed by atoms with van der Waals surface area (Å²) >= 11 is 0. The standard InChI is InChI=1S/C8H11NO/c9-6-5-8(10)7-3-1-2-4-7/h7H,1-5H2/i1D2,2D2,3D2,4D2. The molecule has 2 heteroatoms. The lowest BCUT2D eigenvalue weighted by Crippen LogP contribution is -2.08. The van der Waals surface area contributed by atoms with Crippen molar-refractivity contribution in [1.29, 1.82) is 5.26 Å². The van der Waals surface area contributed by atoms with Gasteiger partial charge in [0.15, 0.2) is 0 Å². The van der Waals surface area contributed by atoms with Crippen molar-refractivity contribution in [3.05, 3.63) is 0 Å². The molecule has 0 radical (unpaired) electrons. The van der Waals surface area contributed by atoms with Gasteiger partial charge in [0, 0.05) is 16.9 Å². The van der Waals surface area contributed by atoms with E-state index in [1.165, 1.54) is 6.07 Å². The first-order valence-corrected chi connectivity index (χ1v) is 2.75. The van der Waals surface area contributed by atoms with Gasteiger partial charge in [-0.15, -0.1) is 0 Å². The van der Waals surface area contributed by atoms with Gasteiger partial charge < -0.3 is 0 Å². The van der Waals surface area contributed by atoms with E-state index in [9.17, 15) is 4.79 Å². The zero-order chi connectivity index (χ0) is 14.6. The quantitative estimate of drug-likeness (QED) is 0.593. The topological polar surface area (TPSA) is 40.9 Å². The molecular weight excluding hydrogens is 126 g/mol. The fourth-order valence-electron chi connectivity index (χ4n) is 0.594. The molecule has 0 bridgehead atoms. The van der Waals surface area contributed by atoms with E-state index in [0.717, 1.165) is 0 Å². The fraction of sp³-hybridized carbons (Fsp3) is 0.750. The summed E-state index contributed by atoms with van der Waals surface area (Å²) in [7, 11) is 0. The van der Waals surface area contributed by atoms with Crippen molar-refractivity contribution < 1.29 is 15.8 Å². The first kappa shape index (κ1) is 2.07. The van der Waals surface area contributed by atoms with E-state index < -0.39 is 43.6 Å². The van der Waals surface area contributed by atoms with Crippen molar-refractivity contribution in [3.63, 3.8) is 0 Å². The first-order chi connectivity index (χ1) is 7.85. The molecule has 1 rings (SSSR count). The van der Waals surface area contributed by atoms with Gasteiger partial charge in [0.2, 0.25) is 0 Å². The number of hydrogen-bond donors (Lipinski definition) is 0. The molecule has 0 aromatic carbocycles. The Balaban J connectivity index is 3.45. The molecule has 1 fully saturated rings. The van der Waals surface area contributed by atoms with Crippen molar-refractivity contribution in [2.75, 3.05) is 0 Å². The number of hydrogen-bond acceptors (Lipinski definition) is 2. The van der Waals surface area contributed by atoms with Crippen molar-refractivity contribution in [1.82, 2.24) is 0 Å². The van der Waals surface area contributed by atoms with E-state index in [1.807, 2.05) is 0 Å². The molecule has 1 aliphatic carbocycles. The highest BCUT2D eigenvalue weighted by atomic mass is 16.1. The lowest BCUT2D eigenvalue weighted by atomic mass is 10.0. The van der Waals surface area contributed by atoms with Gasteiger partial charge in [-0.1, -0.05) is 12.7 Å². The third kappa shape index (κ3) is 1.57. The molecular formula is C8H11NO. The van der Waals surface area contributed by atoms with Gasteiger partial charge in [-0.05, 0) is 12.7 Å². The molecule has 0 unspecified atom stereocenters. The van der Waals surface area contributed by atoms with Crippen LogP contribution in [0.1, 0.15) is 42.9 Å². The second kappa shape index (κ2) is 3.36. The molecule has 0 spiro atoms. The minimum Gasteiger partial charge on any atom is -0.298 e. The predicted octanol–water partition coefficient (Wildman–Crippen LogP) is 1.66. The first-order valence-electron chi connectivity index (χ1n) is 6.75. The number of rotatable bonds is 2. The SMILES string of the molecule is [2H]C1([2H])C(C(=O)CC#N)C([2H])([2H])C([2H])([2H])C1([2H])[2H]. The van der Waals surface area contributed by atoms with E-state index in [-0.39, 0.29) is 0 Å². The highest BCUT2D eigenvalue weighted by molar-refractivity contribution is 5.83. The van der Waals surface area contributed by atoms with Crippen LogP contribution < -0.4 is 0 Å². The van der Waals surface area contributed by atoms with Gasteiger partial charge in [0.05, 0.1) is 12.5 Å². The summed E-state index contributed by atoms with van der Waals surface area (Å²) < 4.78 is 60.0.